The molecule has 0 saturated heterocycles. The zero-order chi connectivity index (χ0) is 15.8. The number of aromatic nitrogens is 3. The molecule has 0 saturated carbocycles. The van der Waals surface area contributed by atoms with Gasteiger partial charge in [0.2, 0.25) is 5.95 Å². The molecule has 0 amide bonds. The number of hydrogen-bond acceptors (Lipinski definition) is 5. The van der Waals surface area contributed by atoms with E-state index < -0.39 is 0 Å². The summed E-state index contributed by atoms with van der Waals surface area (Å²) >= 11 is 0. The summed E-state index contributed by atoms with van der Waals surface area (Å²) in [6, 6.07) is 7.65. The molecule has 6 heteroatoms. The van der Waals surface area contributed by atoms with Gasteiger partial charge in [0, 0.05) is 17.7 Å². The highest BCUT2D eigenvalue weighted by atomic mass is 16.5. The minimum Gasteiger partial charge on any atom is -0.494 e. The number of hydrogen-bond donors (Lipinski definition) is 1. The second-order valence-electron chi connectivity index (χ2n) is 5.73. The van der Waals surface area contributed by atoms with Crippen LogP contribution >= 0.6 is 0 Å². The van der Waals surface area contributed by atoms with Gasteiger partial charge in [-0.3, -0.25) is 4.79 Å². The quantitative estimate of drug-likeness (QED) is 0.944. The summed E-state index contributed by atoms with van der Waals surface area (Å²) in [5.74, 6) is 1.71. The van der Waals surface area contributed by atoms with Crippen molar-refractivity contribution in [1.82, 2.24) is 14.8 Å². The Kier molecular flexibility index (Phi) is 3.37. The first-order valence-electron chi connectivity index (χ1n) is 7.93. The van der Waals surface area contributed by atoms with Crippen molar-refractivity contribution in [2.45, 2.75) is 32.2 Å². The number of nitrogens with zero attached hydrogens (tertiary/aromatic N) is 3. The zero-order valence-corrected chi connectivity index (χ0v) is 13.0. The second kappa shape index (κ2) is 5.53. The Morgan fingerprint density at radius 1 is 1.30 bits per heavy atom. The molecule has 1 aliphatic carbocycles. The summed E-state index contributed by atoms with van der Waals surface area (Å²) in [5, 5.41) is 7.59. The lowest BCUT2D eigenvalue weighted by Gasteiger charge is -2.32. The largest absolute Gasteiger partial charge is 0.494 e. The third-order valence-corrected chi connectivity index (χ3v) is 4.32. The number of nitrogens with one attached hydrogen (secondary N) is 1. The highest BCUT2D eigenvalue weighted by Crippen LogP contribution is 2.39. The lowest BCUT2D eigenvalue weighted by atomic mass is 9.85. The topological polar surface area (TPSA) is 69.0 Å². The van der Waals surface area contributed by atoms with Crippen LogP contribution in [0.25, 0.3) is 0 Å². The summed E-state index contributed by atoms with van der Waals surface area (Å²) in [7, 11) is 0. The van der Waals surface area contributed by atoms with E-state index in [0.717, 1.165) is 35.4 Å². The molecule has 2 aromatic rings. The van der Waals surface area contributed by atoms with Crippen LogP contribution in [-0.4, -0.2) is 27.2 Å². The SMILES string of the molecule is CCOc1ccc(C2C3=C(CCCC3=O)Nc3ncnn32)cc1. The summed E-state index contributed by atoms with van der Waals surface area (Å²) in [4.78, 5) is 16.8. The molecule has 0 radical (unpaired) electrons. The first kappa shape index (κ1) is 14.0. The number of Topliss-reactive ketones (excluding diaryl/α,β-unsaturated/α-hetero) is 1. The monoisotopic (exact) mass is 310 g/mol. The van der Waals surface area contributed by atoms with Gasteiger partial charge in [-0.1, -0.05) is 12.1 Å². The van der Waals surface area contributed by atoms with Gasteiger partial charge in [-0.05, 0) is 37.5 Å². The normalized spacial score (nSPS) is 19.9. The molecule has 0 spiro atoms. The van der Waals surface area contributed by atoms with Crippen LogP contribution in [0, 0.1) is 0 Å². The minimum absolute atomic E-state index is 0.193. The van der Waals surface area contributed by atoms with Crippen LogP contribution in [0.4, 0.5) is 5.95 Å². The average Bonchev–Trinajstić information content (AvgIpc) is 3.02. The van der Waals surface area contributed by atoms with Crippen molar-refractivity contribution < 1.29 is 9.53 Å². The molecule has 6 nitrogen and oxygen atoms in total. The molecule has 0 bridgehead atoms. The van der Waals surface area contributed by atoms with Crippen molar-refractivity contribution in [3.8, 4) is 5.75 Å². The average molecular weight is 310 g/mol. The van der Waals surface area contributed by atoms with Crippen LogP contribution in [0.2, 0.25) is 0 Å². The Labute approximate surface area is 134 Å². The van der Waals surface area contributed by atoms with Crippen LogP contribution in [0.1, 0.15) is 37.8 Å². The van der Waals surface area contributed by atoms with Gasteiger partial charge in [0.25, 0.3) is 0 Å². The Bertz CT molecular complexity index is 776. The van der Waals surface area contributed by atoms with Crippen LogP contribution in [-0.2, 0) is 4.79 Å². The number of rotatable bonds is 3. The van der Waals surface area contributed by atoms with Crippen molar-refractivity contribution in [2.75, 3.05) is 11.9 Å². The molecule has 118 valence electrons. The van der Waals surface area contributed by atoms with Crippen molar-refractivity contribution >= 4 is 11.7 Å². The number of allylic oxidation sites excluding steroid dienone is 2. The van der Waals surface area contributed by atoms with Crippen molar-refractivity contribution in [3.63, 3.8) is 0 Å². The third kappa shape index (κ3) is 2.30. The van der Waals surface area contributed by atoms with Crippen LogP contribution in [0.5, 0.6) is 5.75 Å². The maximum absolute atomic E-state index is 12.5. The molecule has 1 unspecified atom stereocenters. The Balaban J connectivity index is 1.81. The van der Waals surface area contributed by atoms with E-state index in [-0.39, 0.29) is 11.8 Å². The molecule has 0 fully saturated rings. The van der Waals surface area contributed by atoms with Crippen LogP contribution in [0.3, 0.4) is 0 Å². The number of ether oxygens (including phenoxy) is 1. The van der Waals surface area contributed by atoms with Crippen LogP contribution < -0.4 is 10.1 Å². The second-order valence-corrected chi connectivity index (χ2v) is 5.73. The molecule has 1 aromatic heterocycles. The molecular weight excluding hydrogens is 292 g/mol. The highest BCUT2D eigenvalue weighted by Gasteiger charge is 2.35. The van der Waals surface area contributed by atoms with Gasteiger partial charge in [0.15, 0.2) is 5.78 Å². The fraction of sp³-hybridized carbons (Fsp3) is 0.353. The van der Waals surface area contributed by atoms with Crippen molar-refractivity contribution in [3.05, 3.63) is 47.4 Å². The standard InChI is InChI=1S/C17H18N4O2/c1-2-23-12-8-6-11(7-9-12)16-15-13(4-3-5-14(15)22)20-17-18-10-19-21(16)17/h6-10,16H,2-5H2,1H3,(H,18,19,20). The van der Waals surface area contributed by atoms with Gasteiger partial charge >= 0.3 is 0 Å². The van der Waals surface area contributed by atoms with Gasteiger partial charge in [0.1, 0.15) is 18.1 Å². The highest BCUT2D eigenvalue weighted by molar-refractivity contribution is 5.99. The minimum atomic E-state index is -0.216. The summed E-state index contributed by atoms with van der Waals surface area (Å²) in [5.41, 5.74) is 2.82. The Hall–Kier alpha value is -2.63. The van der Waals surface area contributed by atoms with Gasteiger partial charge in [-0.2, -0.15) is 10.1 Å². The predicted molar refractivity (Wildman–Crippen MR) is 85.3 cm³/mol. The van der Waals surface area contributed by atoms with E-state index in [1.54, 1.807) is 4.68 Å². The van der Waals surface area contributed by atoms with E-state index in [4.69, 9.17) is 4.74 Å². The number of carbonyl (C=O) groups is 1. The fourth-order valence-electron chi connectivity index (χ4n) is 3.32. The third-order valence-electron chi connectivity index (χ3n) is 4.32. The zero-order valence-electron chi connectivity index (χ0n) is 13.0. The van der Waals surface area contributed by atoms with E-state index in [9.17, 15) is 4.79 Å². The molecule has 4 rings (SSSR count). The first-order valence-corrected chi connectivity index (χ1v) is 7.93. The van der Waals surface area contributed by atoms with Gasteiger partial charge in [-0.15, -0.1) is 0 Å². The fourth-order valence-corrected chi connectivity index (χ4v) is 3.32. The maximum atomic E-state index is 12.5. The maximum Gasteiger partial charge on any atom is 0.226 e. The van der Waals surface area contributed by atoms with Gasteiger partial charge < -0.3 is 10.1 Å². The number of fused-ring (bicyclic) bond motifs is 1. The van der Waals surface area contributed by atoms with Gasteiger partial charge in [-0.25, -0.2) is 4.68 Å². The lowest BCUT2D eigenvalue weighted by Crippen LogP contribution is -2.31. The van der Waals surface area contributed by atoms with E-state index in [2.05, 4.69) is 15.4 Å². The van der Waals surface area contributed by atoms with Crippen molar-refractivity contribution in [2.24, 2.45) is 0 Å². The molecule has 1 N–H and O–H groups in total. The number of ketones is 1. The van der Waals surface area contributed by atoms with Crippen LogP contribution in [0.15, 0.2) is 41.9 Å². The summed E-state index contributed by atoms with van der Waals surface area (Å²) < 4.78 is 7.29. The molecule has 23 heavy (non-hydrogen) atoms. The van der Waals surface area contributed by atoms with E-state index in [1.165, 1.54) is 6.33 Å². The Morgan fingerprint density at radius 2 is 2.13 bits per heavy atom. The Morgan fingerprint density at radius 3 is 2.91 bits per heavy atom. The lowest BCUT2D eigenvalue weighted by molar-refractivity contribution is -0.116. The van der Waals surface area contributed by atoms with E-state index in [1.807, 2.05) is 31.2 Å². The molecular formula is C17H18N4O2. The first-order chi connectivity index (χ1) is 11.3. The smallest absolute Gasteiger partial charge is 0.226 e. The molecule has 2 aliphatic rings. The molecule has 1 aliphatic heterocycles. The summed E-state index contributed by atoms with van der Waals surface area (Å²) in [6.45, 7) is 2.59. The van der Waals surface area contributed by atoms with E-state index in [0.29, 0.717) is 19.0 Å². The number of anilines is 1. The van der Waals surface area contributed by atoms with E-state index >= 15 is 0 Å². The molecule has 2 heterocycles. The summed E-state index contributed by atoms with van der Waals surface area (Å²) in [6.07, 6.45) is 3.88. The molecule has 1 aromatic carbocycles. The van der Waals surface area contributed by atoms with Crippen molar-refractivity contribution in [1.29, 1.82) is 0 Å². The number of benzene rings is 1. The predicted octanol–water partition coefficient (Wildman–Crippen LogP) is 2.70. The van der Waals surface area contributed by atoms with Gasteiger partial charge in [0.05, 0.1) is 6.61 Å². The number of carbonyl (C=O) groups excluding carboxylic acids is 1. The molecule has 1 atom stereocenters.